The number of carboxylic acid groups (broad SMARTS) is 1. The van der Waals surface area contributed by atoms with Crippen molar-refractivity contribution in [3.8, 4) is 0 Å². The van der Waals surface area contributed by atoms with E-state index in [9.17, 15) is 9.90 Å². The molecule has 0 amide bonds. The van der Waals surface area contributed by atoms with Crippen molar-refractivity contribution in [3.63, 3.8) is 0 Å². The number of nitrogens with zero attached hydrogens (tertiary/aromatic N) is 2. The van der Waals surface area contributed by atoms with Crippen molar-refractivity contribution in [1.82, 2.24) is 9.55 Å². The highest BCUT2D eigenvalue weighted by molar-refractivity contribution is 6.01. The normalized spacial score (nSPS) is 18.0. The first kappa shape index (κ1) is 12.2. The predicted octanol–water partition coefficient (Wildman–Crippen LogP) is 3.33. The molecule has 0 radical (unpaired) electrons. The zero-order valence-electron chi connectivity index (χ0n) is 11.3. The summed E-state index contributed by atoms with van der Waals surface area (Å²) in [4.78, 5) is 16.0. The van der Waals surface area contributed by atoms with E-state index in [0.29, 0.717) is 5.56 Å². The van der Waals surface area contributed by atoms with Gasteiger partial charge in [-0.25, -0.2) is 9.78 Å². The largest absolute Gasteiger partial charge is 0.478 e. The number of aromatic nitrogens is 2. The van der Waals surface area contributed by atoms with E-state index in [1.165, 1.54) is 12.8 Å². The van der Waals surface area contributed by atoms with E-state index in [4.69, 9.17) is 0 Å². The Balaban J connectivity index is 2.34. The molecule has 4 nitrogen and oxygen atoms in total. The number of imidazole rings is 1. The minimum atomic E-state index is -0.881. The smallest absolute Gasteiger partial charge is 0.337 e. The Morgan fingerprint density at radius 1 is 1.37 bits per heavy atom. The van der Waals surface area contributed by atoms with E-state index < -0.39 is 5.97 Å². The van der Waals surface area contributed by atoms with Gasteiger partial charge in [0.25, 0.3) is 0 Å². The molecule has 19 heavy (non-hydrogen) atoms. The number of para-hydroxylation sites is 1. The van der Waals surface area contributed by atoms with Gasteiger partial charge in [-0.05, 0) is 38.8 Å². The average molecular weight is 258 g/mol. The number of hydrogen-bond donors (Lipinski definition) is 1. The van der Waals surface area contributed by atoms with E-state index in [-0.39, 0.29) is 5.54 Å². The molecule has 1 aliphatic rings. The quantitative estimate of drug-likeness (QED) is 0.898. The second-order valence-electron chi connectivity index (χ2n) is 5.68. The molecule has 1 aromatic heterocycles. The minimum absolute atomic E-state index is 0.00435. The molecule has 100 valence electrons. The van der Waals surface area contributed by atoms with Gasteiger partial charge in [0.1, 0.15) is 5.82 Å². The fourth-order valence-corrected chi connectivity index (χ4v) is 3.44. The number of hydrogen-bond acceptors (Lipinski definition) is 2. The van der Waals surface area contributed by atoms with Crippen LogP contribution in [0.1, 0.15) is 48.8 Å². The standard InChI is InChI=1S/C15H18N2O2/c1-10-16-12-7-5-6-11(14(18)19)13(12)17(10)15(2)8-3-4-9-15/h5-7H,3-4,8-9H2,1-2H3,(H,18,19). The number of aryl methyl sites for hydroxylation is 1. The summed E-state index contributed by atoms with van der Waals surface area (Å²) < 4.78 is 2.15. The van der Waals surface area contributed by atoms with Crippen LogP contribution in [0.5, 0.6) is 0 Å². The van der Waals surface area contributed by atoms with Gasteiger partial charge in [0.05, 0.1) is 16.6 Å². The third-order valence-electron chi connectivity index (χ3n) is 4.30. The first-order chi connectivity index (χ1) is 9.03. The Kier molecular flexibility index (Phi) is 2.62. The van der Waals surface area contributed by atoms with Gasteiger partial charge >= 0.3 is 5.97 Å². The summed E-state index contributed by atoms with van der Waals surface area (Å²) in [5, 5.41) is 9.40. The van der Waals surface area contributed by atoms with Crippen LogP contribution in [0, 0.1) is 6.92 Å². The van der Waals surface area contributed by atoms with Crippen LogP contribution < -0.4 is 0 Å². The molecular weight excluding hydrogens is 240 g/mol. The molecule has 0 aliphatic heterocycles. The zero-order valence-corrected chi connectivity index (χ0v) is 11.3. The Labute approximate surface area is 112 Å². The first-order valence-electron chi connectivity index (χ1n) is 6.75. The summed E-state index contributed by atoms with van der Waals surface area (Å²) in [5.74, 6) is 0.0291. The predicted molar refractivity (Wildman–Crippen MR) is 73.5 cm³/mol. The van der Waals surface area contributed by atoms with E-state index in [2.05, 4.69) is 16.5 Å². The molecule has 1 fully saturated rings. The van der Waals surface area contributed by atoms with Crippen LogP contribution in [-0.4, -0.2) is 20.6 Å². The third kappa shape index (κ3) is 1.74. The Hall–Kier alpha value is -1.84. The van der Waals surface area contributed by atoms with Crippen LogP contribution in [0.15, 0.2) is 18.2 Å². The highest BCUT2D eigenvalue weighted by atomic mass is 16.4. The lowest BCUT2D eigenvalue weighted by Crippen LogP contribution is -2.28. The van der Waals surface area contributed by atoms with Crippen LogP contribution in [0.2, 0.25) is 0 Å². The van der Waals surface area contributed by atoms with Gasteiger partial charge in [-0.15, -0.1) is 0 Å². The Morgan fingerprint density at radius 3 is 2.68 bits per heavy atom. The molecular formula is C15H18N2O2. The molecule has 0 atom stereocenters. The maximum atomic E-state index is 11.5. The molecule has 0 saturated heterocycles. The summed E-state index contributed by atoms with van der Waals surface area (Å²) in [7, 11) is 0. The molecule has 4 heteroatoms. The molecule has 1 aromatic carbocycles. The average Bonchev–Trinajstić information content (AvgIpc) is 2.91. The lowest BCUT2D eigenvalue weighted by molar-refractivity contribution is 0.0698. The maximum absolute atomic E-state index is 11.5. The highest BCUT2D eigenvalue weighted by Crippen LogP contribution is 2.39. The van der Waals surface area contributed by atoms with Gasteiger partial charge in [0.2, 0.25) is 0 Å². The molecule has 3 rings (SSSR count). The lowest BCUT2D eigenvalue weighted by atomic mass is 9.99. The SMILES string of the molecule is Cc1nc2cccc(C(=O)O)c2n1C1(C)CCCC1. The van der Waals surface area contributed by atoms with Crippen molar-refractivity contribution in [1.29, 1.82) is 0 Å². The van der Waals surface area contributed by atoms with Crippen LogP contribution in [0.4, 0.5) is 0 Å². The molecule has 2 aromatic rings. The second kappa shape index (κ2) is 4.08. The number of rotatable bonds is 2. The van der Waals surface area contributed by atoms with E-state index in [0.717, 1.165) is 29.7 Å². The van der Waals surface area contributed by atoms with Crippen molar-refractivity contribution in [2.24, 2.45) is 0 Å². The maximum Gasteiger partial charge on any atom is 0.337 e. The summed E-state index contributed by atoms with van der Waals surface area (Å²) in [5.41, 5.74) is 1.92. The van der Waals surface area contributed by atoms with E-state index >= 15 is 0 Å². The number of carbonyl (C=O) groups is 1. The number of carboxylic acids is 1. The summed E-state index contributed by atoms with van der Waals surface area (Å²) in [6.07, 6.45) is 4.58. The third-order valence-corrected chi connectivity index (χ3v) is 4.30. The van der Waals surface area contributed by atoms with E-state index in [1.807, 2.05) is 13.0 Å². The van der Waals surface area contributed by atoms with Gasteiger partial charge in [-0.2, -0.15) is 0 Å². The summed E-state index contributed by atoms with van der Waals surface area (Å²) in [6.45, 7) is 4.18. The van der Waals surface area contributed by atoms with E-state index in [1.54, 1.807) is 12.1 Å². The highest BCUT2D eigenvalue weighted by Gasteiger charge is 2.34. The minimum Gasteiger partial charge on any atom is -0.478 e. The summed E-state index contributed by atoms with van der Waals surface area (Å²) in [6, 6.07) is 5.32. The Morgan fingerprint density at radius 2 is 2.05 bits per heavy atom. The lowest BCUT2D eigenvalue weighted by Gasteiger charge is -2.28. The van der Waals surface area contributed by atoms with Crippen molar-refractivity contribution < 1.29 is 9.90 Å². The van der Waals surface area contributed by atoms with Gasteiger partial charge < -0.3 is 9.67 Å². The number of aromatic carboxylic acids is 1. The molecule has 0 bridgehead atoms. The number of fused-ring (bicyclic) bond motifs is 1. The molecule has 0 unspecified atom stereocenters. The first-order valence-corrected chi connectivity index (χ1v) is 6.75. The van der Waals surface area contributed by atoms with Gasteiger partial charge in [0, 0.05) is 5.54 Å². The second-order valence-corrected chi connectivity index (χ2v) is 5.68. The fraction of sp³-hybridized carbons (Fsp3) is 0.467. The van der Waals surface area contributed by atoms with Crippen LogP contribution >= 0.6 is 0 Å². The monoisotopic (exact) mass is 258 g/mol. The van der Waals surface area contributed by atoms with Gasteiger partial charge in [0.15, 0.2) is 0 Å². The van der Waals surface area contributed by atoms with Gasteiger partial charge in [-0.3, -0.25) is 0 Å². The topological polar surface area (TPSA) is 55.1 Å². The van der Waals surface area contributed by atoms with Crippen LogP contribution in [0.25, 0.3) is 11.0 Å². The van der Waals surface area contributed by atoms with Gasteiger partial charge in [-0.1, -0.05) is 18.9 Å². The van der Waals surface area contributed by atoms with Crippen molar-refractivity contribution in [2.45, 2.75) is 45.1 Å². The van der Waals surface area contributed by atoms with Crippen molar-refractivity contribution >= 4 is 17.0 Å². The zero-order chi connectivity index (χ0) is 13.6. The number of benzene rings is 1. The molecule has 1 aliphatic carbocycles. The molecule has 0 spiro atoms. The molecule has 1 N–H and O–H groups in total. The van der Waals surface area contributed by atoms with Crippen LogP contribution in [0.3, 0.4) is 0 Å². The Bertz CT molecular complexity index is 651. The van der Waals surface area contributed by atoms with Crippen molar-refractivity contribution in [2.75, 3.05) is 0 Å². The van der Waals surface area contributed by atoms with Crippen molar-refractivity contribution in [3.05, 3.63) is 29.6 Å². The fourth-order valence-electron chi connectivity index (χ4n) is 3.44. The molecule has 1 heterocycles. The summed E-state index contributed by atoms with van der Waals surface area (Å²) >= 11 is 0. The van der Waals surface area contributed by atoms with Crippen LogP contribution in [-0.2, 0) is 5.54 Å². The molecule has 1 saturated carbocycles.